The summed E-state index contributed by atoms with van der Waals surface area (Å²) in [6.45, 7) is 2.23. The van der Waals surface area contributed by atoms with Gasteiger partial charge in [0.05, 0.1) is 14.2 Å². The number of nitrogens with one attached hydrogen (secondary N) is 3. The Morgan fingerprint density at radius 3 is 2.41 bits per heavy atom. The van der Waals surface area contributed by atoms with Gasteiger partial charge in [-0.15, -0.1) is 0 Å². The number of methoxy groups -OCH3 is 2. The molecule has 0 aliphatic rings. The summed E-state index contributed by atoms with van der Waals surface area (Å²) in [5, 5.41) is 6.53. The van der Waals surface area contributed by atoms with Gasteiger partial charge in [-0.2, -0.15) is 4.98 Å². The molecule has 3 aromatic rings. The van der Waals surface area contributed by atoms with E-state index >= 15 is 0 Å². The highest BCUT2D eigenvalue weighted by molar-refractivity contribution is 7.89. The number of rotatable bonds is 10. The molecule has 0 aliphatic carbocycles. The van der Waals surface area contributed by atoms with Crippen molar-refractivity contribution in [2.75, 3.05) is 37.9 Å². The van der Waals surface area contributed by atoms with Crippen LogP contribution >= 0.6 is 11.6 Å². The van der Waals surface area contributed by atoms with Gasteiger partial charge in [0.2, 0.25) is 16.0 Å². The summed E-state index contributed by atoms with van der Waals surface area (Å²) < 4.78 is 38.0. The van der Waals surface area contributed by atoms with Crippen LogP contribution in [0, 0.1) is 6.92 Å². The molecular formula is C21H24ClN5O4S. The third kappa shape index (κ3) is 6.22. The molecule has 0 fully saturated rings. The topological polar surface area (TPSA) is 114 Å². The maximum absolute atomic E-state index is 12.6. The number of hydrogen-bond acceptors (Lipinski definition) is 8. The van der Waals surface area contributed by atoms with Gasteiger partial charge < -0.3 is 20.1 Å². The van der Waals surface area contributed by atoms with Gasteiger partial charge in [-0.1, -0.05) is 11.6 Å². The summed E-state index contributed by atoms with van der Waals surface area (Å²) in [6.07, 6.45) is 0. The number of aryl methyl sites for hydroxylation is 1. The molecule has 0 amide bonds. The van der Waals surface area contributed by atoms with Crippen molar-refractivity contribution in [3.63, 3.8) is 0 Å². The van der Waals surface area contributed by atoms with Crippen molar-refractivity contribution >= 4 is 39.1 Å². The van der Waals surface area contributed by atoms with Crippen molar-refractivity contribution in [1.82, 2.24) is 14.7 Å². The molecule has 0 saturated carbocycles. The standard InChI is InChI=1S/C21H24ClN5O4S/c1-14-12-20(26-16-5-7-17(30-2)8-6-16)27-21(25-14)23-10-11-24-32(28,29)19-13-15(22)4-9-18(19)31-3/h4-9,12-13,24H,10-11H2,1-3H3,(H2,23,25,26,27). The molecule has 1 heterocycles. The van der Waals surface area contributed by atoms with Gasteiger partial charge in [0.15, 0.2) is 0 Å². The van der Waals surface area contributed by atoms with Crippen molar-refractivity contribution in [2.45, 2.75) is 11.8 Å². The minimum absolute atomic E-state index is 0.0229. The molecule has 0 spiro atoms. The first kappa shape index (κ1) is 23.6. The lowest BCUT2D eigenvalue weighted by molar-refractivity contribution is 0.402. The van der Waals surface area contributed by atoms with Crippen molar-refractivity contribution in [3.8, 4) is 11.5 Å². The van der Waals surface area contributed by atoms with E-state index in [1.165, 1.54) is 19.2 Å². The predicted octanol–water partition coefficient (Wildman–Crippen LogP) is 3.59. The van der Waals surface area contributed by atoms with Crippen LogP contribution in [0.3, 0.4) is 0 Å². The fraction of sp³-hybridized carbons (Fsp3) is 0.238. The highest BCUT2D eigenvalue weighted by Gasteiger charge is 2.19. The molecule has 0 radical (unpaired) electrons. The zero-order valence-electron chi connectivity index (χ0n) is 17.8. The first-order valence-corrected chi connectivity index (χ1v) is 11.5. The molecule has 9 nitrogen and oxygen atoms in total. The summed E-state index contributed by atoms with van der Waals surface area (Å²) in [6, 6.07) is 13.7. The van der Waals surface area contributed by atoms with Gasteiger partial charge in [-0.3, -0.25) is 0 Å². The fourth-order valence-corrected chi connectivity index (χ4v) is 4.29. The Balaban J connectivity index is 1.60. The van der Waals surface area contributed by atoms with E-state index in [0.717, 1.165) is 17.1 Å². The predicted molar refractivity (Wildman–Crippen MR) is 125 cm³/mol. The molecule has 0 atom stereocenters. The van der Waals surface area contributed by atoms with Crippen LogP contribution in [0.5, 0.6) is 11.5 Å². The van der Waals surface area contributed by atoms with Gasteiger partial charge in [0.1, 0.15) is 22.2 Å². The zero-order valence-corrected chi connectivity index (χ0v) is 19.4. The Morgan fingerprint density at radius 1 is 0.969 bits per heavy atom. The van der Waals surface area contributed by atoms with E-state index in [2.05, 4.69) is 25.3 Å². The molecule has 1 aromatic heterocycles. The molecule has 0 saturated heterocycles. The number of nitrogens with zero attached hydrogens (tertiary/aromatic N) is 2. The molecule has 170 valence electrons. The summed E-state index contributed by atoms with van der Waals surface area (Å²) >= 11 is 5.94. The Morgan fingerprint density at radius 2 is 1.72 bits per heavy atom. The summed E-state index contributed by atoms with van der Waals surface area (Å²) in [4.78, 5) is 8.74. The van der Waals surface area contributed by atoms with E-state index in [1.807, 2.05) is 37.3 Å². The van der Waals surface area contributed by atoms with Crippen LogP contribution in [0.4, 0.5) is 17.5 Å². The largest absolute Gasteiger partial charge is 0.497 e. The molecule has 2 aromatic carbocycles. The van der Waals surface area contributed by atoms with Crippen LogP contribution in [0.15, 0.2) is 53.4 Å². The number of aromatic nitrogens is 2. The number of halogens is 1. The molecule has 3 rings (SSSR count). The van der Waals surface area contributed by atoms with E-state index in [0.29, 0.717) is 16.8 Å². The summed E-state index contributed by atoms with van der Waals surface area (Å²) in [5.41, 5.74) is 1.60. The number of ether oxygens (including phenoxy) is 2. The van der Waals surface area contributed by atoms with E-state index < -0.39 is 10.0 Å². The Labute approximate surface area is 192 Å². The lowest BCUT2D eigenvalue weighted by Gasteiger charge is -2.12. The first-order chi connectivity index (χ1) is 15.3. The minimum Gasteiger partial charge on any atom is -0.497 e. The molecule has 3 N–H and O–H groups in total. The van der Waals surface area contributed by atoms with E-state index in [-0.39, 0.29) is 23.7 Å². The van der Waals surface area contributed by atoms with E-state index in [1.54, 1.807) is 13.2 Å². The SMILES string of the molecule is COc1ccc(Nc2cc(C)nc(NCCNS(=O)(=O)c3cc(Cl)ccc3OC)n2)cc1. The zero-order chi connectivity index (χ0) is 23.1. The monoisotopic (exact) mass is 477 g/mol. The van der Waals surface area contributed by atoms with Crippen molar-refractivity contribution < 1.29 is 17.9 Å². The second-order valence-electron chi connectivity index (χ2n) is 6.69. The lowest BCUT2D eigenvalue weighted by atomic mass is 10.3. The van der Waals surface area contributed by atoms with Crippen molar-refractivity contribution in [1.29, 1.82) is 0 Å². The quantitative estimate of drug-likeness (QED) is 0.379. The molecule has 0 bridgehead atoms. The van der Waals surface area contributed by atoms with Crippen LogP contribution in [-0.2, 0) is 10.0 Å². The third-order valence-electron chi connectivity index (χ3n) is 4.33. The Hall–Kier alpha value is -3.08. The molecule has 11 heteroatoms. The lowest BCUT2D eigenvalue weighted by Crippen LogP contribution is -2.29. The smallest absolute Gasteiger partial charge is 0.244 e. The van der Waals surface area contributed by atoms with Crippen LogP contribution in [-0.4, -0.2) is 45.7 Å². The Kier molecular flexibility index (Phi) is 7.73. The second-order valence-corrected chi connectivity index (χ2v) is 8.86. The average Bonchev–Trinajstić information content (AvgIpc) is 2.77. The highest BCUT2D eigenvalue weighted by Crippen LogP contribution is 2.26. The summed E-state index contributed by atoms with van der Waals surface area (Å²) in [7, 11) is -0.795. The number of hydrogen-bond donors (Lipinski definition) is 3. The van der Waals surface area contributed by atoms with Crippen LogP contribution in [0.25, 0.3) is 0 Å². The Bertz CT molecular complexity index is 1170. The minimum atomic E-state index is -3.81. The van der Waals surface area contributed by atoms with Gasteiger partial charge in [-0.25, -0.2) is 18.1 Å². The third-order valence-corrected chi connectivity index (χ3v) is 6.05. The van der Waals surface area contributed by atoms with Gasteiger partial charge in [0.25, 0.3) is 0 Å². The number of sulfonamides is 1. The maximum atomic E-state index is 12.6. The van der Waals surface area contributed by atoms with Crippen molar-refractivity contribution in [3.05, 3.63) is 59.2 Å². The summed E-state index contributed by atoms with van der Waals surface area (Å²) in [5.74, 6) is 1.95. The number of anilines is 3. The van der Waals surface area contributed by atoms with Gasteiger partial charge in [0, 0.05) is 35.6 Å². The molecule has 0 aliphatic heterocycles. The average molecular weight is 478 g/mol. The van der Waals surface area contributed by atoms with Gasteiger partial charge >= 0.3 is 0 Å². The molecular weight excluding hydrogens is 454 g/mol. The molecule has 0 unspecified atom stereocenters. The number of benzene rings is 2. The van der Waals surface area contributed by atoms with E-state index in [9.17, 15) is 8.42 Å². The maximum Gasteiger partial charge on any atom is 0.244 e. The second kappa shape index (κ2) is 10.5. The van der Waals surface area contributed by atoms with Crippen molar-refractivity contribution in [2.24, 2.45) is 0 Å². The normalized spacial score (nSPS) is 11.1. The van der Waals surface area contributed by atoms with E-state index in [4.69, 9.17) is 21.1 Å². The fourth-order valence-electron chi connectivity index (χ4n) is 2.83. The van der Waals surface area contributed by atoms with Crippen LogP contribution < -0.4 is 24.8 Å². The van der Waals surface area contributed by atoms with Crippen LogP contribution in [0.1, 0.15) is 5.69 Å². The first-order valence-electron chi connectivity index (χ1n) is 9.64. The molecule has 32 heavy (non-hydrogen) atoms. The highest BCUT2D eigenvalue weighted by atomic mass is 35.5. The van der Waals surface area contributed by atoms with Crippen LogP contribution in [0.2, 0.25) is 5.02 Å². The van der Waals surface area contributed by atoms with Gasteiger partial charge in [-0.05, 0) is 49.4 Å².